The van der Waals surface area contributed by atoms with Crippen molar-refractivity contribution in [2.24, 2.45) is 0 Å². The Morgan fingerprint density at radius 1 is 0.478 bits per heavy atom. The van der Waals surface area contributed by atoms with Crippen LogP contribution in [0.2, 0.25) is 0 Å². The molecule has 0 saturated carbocycles. The molecular weight excluding hydrogens is 854 g/mol. The van der Waals surface area contributed by atoms with Gasteiger partial charge in [-0.25, -0.2) is 4.57 Å². The smallest absolute Gasteiger partial charge is 0.457 e. The summed E-state index contributed by atoms with van der Waals surface area (Å²) < 4.78 is 35.2. The third-order valence-corrected chi connectivity index (χ3v) is 12.4. The molecule has 2 unspecified atom stereocenters. The zero-order valence-electron chi connectivity index (χ0n) is 44.1. The molecule has 67 heavy (non-hydrogen) atoms. The molecule has 388 valence electrons. The molecule has 0 aliphatic rings. The zero-order valence-corrected chi connectivity index (χ0v) is 45.0. The second-order valence-electron chi connectivity index (χ2n) is 19.2. The molecule has 0 bridgehead atoms. The van der Waals surface area contributed by atoms with Crippen LogP contribution >= 0.6 is 7.82 Å². The van der Waals surface area contributed by atoms with Crippen LogP contribution in [0.15, 0.2) is 85.1 Å². The van der Waals surface area contributed by atoms with Crippen LogP contribution in [0.1, 0.15) is 219 Å². The lowest BCUT2D eigenvalue weighted by molar-refractivity contribution is -0.870. The summed E-state index contributed by atoms with van der Waals surface area (Å²) in [6.45, 7) is 5.48. The zero-order chi connectivity index (χ0) is 49.0. The molecule has 0 aromatic carbocycles. The van der Waals surface area contributed by atoms with Gasteiger partial charge in [-0.05, 0) is 89.9 Å². The summed E-state index contributed by atoms with van der Waals surface area (Å²) in [5.41, 5.74) is 0. The number of likely N-dealkylation sites (N-methyl/N-ethyl adjacent to an activating group) is 1. The minimum Gasteiger partial charge on any atom is -0.457 e. The number of phosphoric acid groups is 1. The Bertz CT molecular complexity index is 1340. The summed E-state index contributed by atoms with van der Waals surface area (Å²) in [6.07, 6.45) is 67.7. The van der Waals surface area contributed by atoms with E-state index in [1.807, 2.05) is 21.1 Å². The van der Waals surface area contributed by atoms with Gasteiger partial charge in [0.05, 0.1) is 34.4 Å². The number of rotatable bonds is 50. The van der Waals surface area contributed by atoms with E-state index >= 15 is 0 Å². The van der Waals surface area contributed by atoms with Gasteiger partial charge in [-0.3, -0.25) is 13.8 Å². The molecule has 0 aromatic rings. The number of nitrogens with zero attached hydrogens (tertiary/aromatic N) is 1. The molecular formula is C58H105NO7P+. The highest BCUT2D eigenvalue weighted by Crippen LogP contribution is 2.43. The minimum atomic E-state index is -4.29. The van der Waals surface area contributed by atoms with Crippen LogP contribution in [-0.4, -0.2) is 75.6 Å². The fourth-order valence-electron chi connectivity index (χ4n) is 7.26. The predicted molar refractivity (Wildman–Crippen MR) is 288 cm³/mol. The van der Waals surface area contributed by atoms with E-state index in [0.717, 1.165) is 77.0 Å². The van der Waals surface area contributed by atoms with Crippen molar-refractivity contribution < 1.29 is 37.3 Å². The summed E-state index contributed by atoms with van der Waals surface area (Å²) in [7, 11) is 1.65. The van der Waals surface area contributed by atoms with Gasteiger partial charge < -0.3 is 18.9 Å². The summed E-state index contributed by atoms with van der Waals surface area (Å²) in [6, 6.07) is 0. The third-order valence-electron chi connectivity index (χ3n) is 11.4. The van der Waals surface area contributed by atoms with Gasteiger partial charge in [-0.2, -0.15) is 0 Å². The minimum absolute atomic E-state index is 0.0815. The van der Waals surface area contributed by atoms with E-state index in [1.54, 1.807) is 0 Å². The molecule has 0 fully saturated rings. The average Bonchev–Trinajstić information content (AvgIpc) is 3.29. The monoisotopic (exact) mass is 959 g/mol. The third kappa shape index (κ3) is 54.5. The van der Waals surface area contributed by atoms with E-state index in [4.69, 9.17) is 18.5 Å². The van der Waals surface area contributed by atoms with Crippen molar-refractivity contribution >= 4 is 13.8 Å². The fraction of sp³-hybridized carbons (Fsp3) is 0.741. The van der Waals surface area contributed by atoms with Gasteiger partial charge in [0, 0.05) is 13.0 Å². The van der Waals surface area contributed by atoms with Crippen LogP contribution in [-0.2, 0) is 27.9 Å². The lowest BCUT2D eigenvalue weighted by atomic mass is 10.1. The molecule has 0 amide bonds. The molecule has 2 atom stereocenters. The van der Waals surface area contributed by atoms with Crippen molar-refractivity contribution in [2.75, 3.05) is 54.1 Å². The van der Waals surface area contributed by atoms with E-state index in [2.05, 4.69) is 98.9 Å². The average molecular weight is 959 g/mol. The van der Waals surface area contributed by atoms with Crippen LogP contribution < -0.4 is 0 Å². The van der Waals surface area contributed by atoms with E-state index in [0.29, 0.717) is 24.1 Å². The van der Waals surface area contributed by atoms with Crippen LogP contribution in [0.25, 0.3) is 0 Å². The maximum absolute atomic E-state index is 12.8. The normalized spacial score (nSPS) is 14.2. The predicted octanol–water partition coefficient (Wildman–Crippen LogP) is 17.2. The van der Waals surface area contributed by atoms with Gasteiger partial charge in [0.1, 0.15) is 19.3 Å². The van der Waals surface area contributed by atoms with Crippen molar-refractivity contribution in [3.8, 4) is 0 Å². The van der Waals surface area contributed by atoms with E-state index < -0.39 is 13.9 Å². The first kappa shape index (κ1) is 64.7. The first-order chi connectivity index (χ1) is 32.6. The van der Waals surface area contributed by atoms with Gasteiger partial charge in [-0.15, -0.1) is 0 Å². The number of ether oxygens (including phenoxy) is 2. The molecule has 0 aliphatic carbocycles. The Kier molecular flexibility index (Phi) is 48.3. The molecule has 0 radical (unpaired) electrons. The number of carbonyl (C=O) groups is 1. The summed E-state index contributed by atoms with van der Waals surface area (Å²) in [5, 5.41) is 0. The molecule has 0 aromatic heterocycles. The Labute approximate surface area is 414 Å². The summed E-state index contributed by atoms with van der Waals surface area (Å²) >= 11 is 0. The summed E-state index contributed by atoms with van der Waals surface area (Å²) in [5.74, 6) is -0.325. The first-order valence-electron chi connectivity index (χ1n) is 27.3. The number of quaternary nitrogens is 1. The second kappa shape index (κ2) is 50.1. The lowest BCUT2D eigenvalue weighted by Crippen LogP contribution is -2.37. The van der Waals surface area contributed by atoms with Crippen molar-refractivity contribution in [3.05, 3.63) is 85.1 Å². The van der Waals surface area contributed by atoms with Crippen molar-refractivity contribution in [2.45, 2.75) is 225 Å². The maximum Gasteiger partial charge on any atom is 0.472 e. The van der Waals surface area contributed by atoms with Gasteiger partial charge >= 0.3 is 13.8 Å². The molecule has 8 nitrogen and oxygen atoms in total. The molecule has 0 rings (SSSR count). The van der Waals surface area contributed by atoms with Gasteiger partial charge in [0.15, 0.2) is 0 Å². The first-order valence-corrected chi connectivity index (χ1v) is 28.8. The van der Waals surface area contributed by atoms with Crippen molar-refractivity contribution in [1.29, 1.82) is 0 Å². The molecule has 0 saturated heterocycles. The van der Waals surface area contributed by atoms with Gasteiger partial charge in [-0.1, -0.05) is 208 Å². The van der Waals surface area contributed by atoms with Crippen LogP contribution in [0.5, 0.6) is 0 Å². The largest absolute Gasteiger partial charge is 0.472 e. The van der Waals surface area contributed by atoms with Crippen LogP contribution in [0, 0.1) is 0 Å². The molecule has 1 N–H and O–H groups in total. The Hall–Kier alpha value is -2.32. The number of carbonyl (C=O) groups excluding carboxylic acids is 1. The maximum atomic E-state index is 12.8. The number of allylic oxidation sites excluding steroid dienone is 14. The van der Waals surface area contributed by atoms with Gasteiger partial charge in [0.25, 0.3) is 0 Å². The SMILES string of the molecule is CC/C=C\C/C=C\C/C=C\C/C=C\CCCCCCCCCCC(=O)OC(COCCCCCCCCCCC/C=C\C/C=C\C/C=C\CCCCCCC)COP(=O)(O)OCC[N+](C)(C)C. The van der Waals surface area contributed by atoms with E-state index in [9.17, 15) is 14.3 Å². The van der Waals surface area contributed by atoms with Crippen LogP contribution in [0.3, 0.4) is 0 Å². The Morgan fingerprint density at radius 3 is 1.30 bits per heavy atom. The Morgan fingerprint density at radius 2 is 0.866 bits per heavy atom. The number of hydrogen-bond acceptors (Lipinski definition) is 6. The van der Waals surface area contributed by atoms with Crippen molar-refractivity contribution in [3.63, 3.8) is 0 Å². The number of unbranched alkanes of at least 4 members (excludes halogenated alkanes) is 22. The second-order valence-corrected chi connectivity index (χ2v) is 20.7. The standard InChI is InChI=1S/C58H104NO7P/c1-6-8-10-12-14-16-18-20-22-24-26-28-29-30-32-34-36-38-40-42-44-46-48-50-53-63-55-57(56-65-67(61,62)64-54-52-59(3,4)5)66-58(60)51-49-47-45-43-41-39-37-35-33-31-27-25-23-21-19-17-15-13-11-9-7-2/h9,11,15,17-18,20-21,23-24,26-27,29-31,57H,6-8,10,12-14,16,19,22,25,28,32-56H2,1-5H3/p+1/b11-9-,17-15-,20-18-,23-21-,26-24-,30-29-,31-27-. The highest BCUT2D eigenvalue weighted by molar-refractivity contribution is 7.47. The molecule has 9 heteroatoms. The van der Waals surface area contributed by atoms with E-state index in [-0.39, 0.29) is 25.8 Å². The highest BCUT2D eigenvalue weighted by Gasteiger charge is 2.26. The highest BCUT2D eigenvalue weighted by atomic mass is 31.2. The molecule has 0 spiro atoms. The summed E-state index contributed by atoms with van der Waals surface area (Å²) in [4.78, 5) is 23.1. The number of esters is 1. The number of hydrogen-bond donors (Lipinski definition) is 1. The molecule has 0 heterocycles. The lowest BCUT2D eigenvalue weighted by Gasteiger charge is -2.24. The molecule has 0 aliphatic heterocycles. The Balaban J connectivity index is 4.15. The van der Waals surface area contributed by atoms with Crippen LogP contribution in [0.4, 0.5) is 0 Å². The van der Waals surface area contributed by atoms with Gasteiger partial charge in [0.2, 0.25) is 0 Å². The topological polar surface area (TPSA) is 91.3 Å². The quantitative estimate of drug-likeness (QED) is 0.0213. The number of phosphoric ester groups is 1. The van der Waals surface area contributed by atoms with Crippen molar-refractivity contribution in [1.82, 2.24) is 0 Å². The van der Waals surface area contributed by atoms with E-state index in [1.165, 1.54) is 122 Å². The fourth-order valence-corrected chi connectivity index (χ4v) is 8.00.